The first-order chi connectivity index (χ1) is 20.0. The summed E-state index contributed by atoms with van der Waals surface area (Å²) >= 11 is 3.50. The van der Waals surface area contributed by atoms with Crippen LogP contribution in [-0.2, 0) is 13.2 Å². The lowest BCUT2D eigenvalue weighted by Gasteiger charge is -2.15. The molecule has 0 aliphatic rings. The molecule has 4 aromatic carbocycles. The van der Waals surface area contributed by atoms with Crippen molar-refractivity contribution in [2.75, 3.05) is 13.2 Å². The average Bonchev–Trinajstić information content (AvgIpc) is 2.97. The van der Waals surface area contributed by atoms with E-state index in [9.17, 15) is 9.18 Å². The minimum atomic E-state index is -0.411. The second-order valence-electron chi connectivity index (χ2n) is 8.71. The van der Waals surface area contributed by atoms with Gasteiger partial charge in [0.05, 0.1) is 23.9 Å². The summed E-state index contributed by atoms with van der Waals surface area (Å²) in [5.74, 6) is 1.15. The maximum Gasteiger partial charge on any atom is 0.271 e. The lowest BCUT2D eigenvalue weighted by molar-refractivity contribution is 0.0954. The molecule has 0 saturated carbocycles. The van der Waals surface area contributed by atoms with Crippen LogP contribution >= 0.6 is 15.9 Å². The Bertz CT molecular complexity index is 1500. The molecule has 0 heterocycles. The van der Waals surface area contributed by atoms with Gasteiger partial charge in [-0.2, -0.15) is 5.10 Å². The van der Waals surface area contributed by atoms with Crippen molar-refractivity contribution >= 4 is 28.1 Å². The zero-order chi connectivity index (χ0) is 29.0. The Balaban J connectivity index is 1.42. The van der Waals surface area contributed by atoms with Gasteiger partial charge in [-0.3, -0.25) is 4.79 Å². The SMILES string of the molecule is CCOc1cc(C(=O)N/N=C/c2cc(Br)c(OCc3ccccc3F)c(OCC)c2)ccc1OCc1ccccc1. The zero-order valence-electron chi connectivity index (χ0n) is 22.7. The number of hydrogen-bond acceptors (Lipinski definition) is 6. The van der Waals surface area contributed by atoms with Crippen molar-refractivity contribution in [1.29, 1.82) is 0 Å². The normalized spacial score (nSPS) is 10.8. The molecule has 0 fully saturated rings. The van der Waals surface area contributed by atoms with E-state index in [1.807, 2.05) is 44.2 Å². The van der Waals surface area contributed by atoms with Crippen LogP contribution in [0.5, 0.6) is 23.0 Å². The van der Waals surface area contributed by atoms with Gasteiger partial charge >= 0.3 is 0 Å². The Morgan fingerprint density at radius 1 is 0.829 bits per heavy atom. The molecule has 1 N–H and O–H groups in total. The van der Waals surface area contributed by atoms with Crippen molar-refractivity contribution in [3.8, 4) is 23.0 Å². The van der Waals surface area contributed by atoms with Crippen LogP contribution in [0.4, 0.5) is 4.39 Å². The predicted octanol–water partition coefficient (Wildman–Crippen LogP) is 7.31. The number of rotatable bonds is 13. The van der Waals surface area contributed by atoms with E-state index < -0.39 is 5.91 Å². The molecule has 7 nitrogen and oxygen atoms in total. The molecule has 0 aromatic heterocycles. The van der Waals surface area contributed by atoms with Crippen molar-refractivity contribution in [1.82, 2.24) is 5.43 Å². The summed E-state index contributed by atoms with van der Waals surface area (Å²) in [5.41, 5.74) is 5.01. The molecule has 0 saturated heterocycles. The Labute approximate surface area is 247 Å². The molecule has 0 aliphatic carbocycles. The molecule has 1 amide bonds. The van der Waals surface area contributed by atoms with Gasteiger partial charge in [0.1, 0.15) is 19.0 Å². The summed E-state index contributed by atoms with van der Waals surface area (Å²) < 4.78 is 37.9. The quantitative estimate of drug-likeness (QED) is 0.125. The van der Waals surface area contributed by atoms with Gasteiger partial charge in [0, 0.05) is 11.1 Å². The first-order valence-corrected chi connectivity index (χ1v) is 13.9. The Hall–Kier alpha value is -4.37. The van der Waals surface area contributed by atoms with Crippen LogP contribution in [0.3, 0.4) is 0 Å². The van der Waals surface area contributed by atoms with Gasteiger partial charge in [-0.25, -0.2) is 9.82 Å². The van der Waals surface area contributed by atoms with E-state index in [2.05, 4.69) is 26.5 Å². The van der Waals surface area contributed by atoms with Crippen molar-refractivity contribution < 1.29 is 28.1 Å². The number of nitrogens with zero attached hydrogens (tertiary/aromatic N) is 1. The Morgan fingerprint density at radius 2 is 1.56 bits per heavy atom. The van der Waals surface area contributed by atoms with Crippen LogP contribution in [-0.4, -0.2) is 25.3 Å². The largest absolute Gasteiger partial charge is 0.490 e. The van der Waals surface area contributed by atoms with Crippen LogP contribution in [0.2, 0.25) is 0 Å². The molecular weight excluding hydrogens is 591 g/mol. The molecular formula is C32H30BrFN2O5. The fourth-order valence-electron chi connectivity index (χ4n) is 3.83. The number of nitrogens with one attached hydrogen (secondary N) is 1. The van der Waals surface area contributed by atoms with E-state index in [0.717, 1.165) is 5.56 Å². The van der Waals surface area contributed by atoms with Gasteiger partial charge in [-0.1, -0.05) is 48.5 Å². The third kappa shape index (κ3) is 8.31. The summed E-state index contributed by atoms with van der Waals surface area (Å²) in [6.45, 7) is 4.94. The van der Waals surface area contributed by atoms with Gasteiger partial charge in [-0.05, 0) is 77.3 Å². The molecule has 9 heteroatoms. The van der Waals surface area contributed by atoms with Crippen LogP contribution in [0, 0.1) is 5.82 Å². The molecule has 0 atom stereocenters. The molecule has 212 valence electrons. The summed E-state index contributed by atoms with van der Waals surface area (Å²) in [6.07, 6.45) is 1.49. The summed E-state index contributed by atoms with van der Waals surface area (Å²) in [7, 11) is 0. The number of carbonyl (C=O) groups is 1. The third-order valence-electron chi connectivity index (χ3n) is 5.78. The highest BCUT2D eigenvalue weighted by atomic mass is 79.9. The second kappa shape index (κ2) is 14.9. The summed E-state index contributed by atoms with van der Waals surface area (Å²) in [4.78, 5) is 12.8. The van der Waals surface area contributed by atoms with E-state index in [1.165, 1.54) is 12.3 Å². The topological polar surface area (TPSA) is 78.4 Å². The van der Waals surface area contributed by atoms with Gasteiger partial charge in [0.15, 0.2) is 23.0 Å². The molecule has 0 bridgehead atoms. The molecule has 0 unspecified atom stereocenters. The van der Waals surface area contributed by atoms with Crippen LogP contribution in [0.1, 0.15) is 40.9 Å². The fourth-order valence-corrected chi connectivity index (χ4v) is 4.41. The predicted molar refractivity (Wildman–Crippen MR) is 159 cm³/mol. The highest BCUT2D eigenvalue weighted by molar-refractivity contribution is 9.10. The highest BCUT2D eigenvalue weighted by Gasteiger charge is 2.14. The lowest BCUT2D eigenvalue weighted by atomic mass is 10.2. The van der Waals surface area contributed by atoms with Crippen molar-refractivity contribution in [3.05, 3.63) is 117 Å². The third-order valence-corrected chi connectivity index (χ3v) is 6.37. The van der Waals surface area contributed by atoms with Gasteiger partial charge in [0.25, 0.3) is 5.91 Å². The van der Waals surface area contributed by atoms with E-state index in [1.54, 1.807) is 48.5 Å². The van der Waals surface area contributed by atoms with Gasteiger partial charge < -0.3 is 18.9 Å². The van der Waals surface area contributed by atoms with Gasteiger partial charge in [0.2, 0.25) is 0 Å². The maximum atomic E-state index is 14.0. The number of halogens is 2. The molecule has 41 heavy (non-hydrogen) atoms. The smallest absolute Gasteiger partial charge is 0.271 e. The van der Waals surface area contributed by atoms with E-state index in [0.29, 0.717) is 64.0 Å². The standard InChI is InChI=1S/C32H30BrFN2O5/c1-3-38-29-18-24(14-15-28(29)40-20-22-10-6-5-7-11-22)32(37)36-35-19-23-16-26(33)31(30(17-23)39-4-2)41-21-25-12-8-9-13-27(25)34/h5-19H,3-4,20-21H2,1-2H3,(H,36,37)/b35-19+. The van der Waals surface area contributed by atoms with Crippen molar-refractivity contribution in [2.24, 2.45) is 5.10 Å². The van der Waals surface area contributed by atoms with E-state index in [-0.39, 0.29) is 12.4 Å². The highest BCUT2D eigenvalue weighted by Crippen LogP contribution is 2.37. The number of amides is 1. The molecule has 0 radical (unpaired) electrons. The van der Waals surface area contributed by atoms with Crippen molar-refractivity contribution in [2.45, 2.75) is 27.1 Å². The molecule has 0 aliphatic heterocycles. The van der Waals surface area contributed by atoms with Gasteiger partial charge in [-0.15, -0.1) is 0 Å². The monoisotopic (exact) mass is 620 g/mol. The first kappa shape index (κ1) is 29.6. The van der Waals surface area contributed by atoms with Crippen LogP contribution < -0.4 is 24.4 Å². The second-order valence-corrected chi connectivity index (χ2v) is 9.57. The molecule has 0 spiro atoms. The number of hydrogen-bond donors (Lipinski definition) is 1. The maximum absolute atomic E-state index is 14.0. The fraction of sp³-hybridized carbons (Fsp3) is 0.188. The summed E-state index contributed by atoms with van der Waals surface area (Å²) in [5, 5.41) is 4.11. The minimum absolute atomic E-state index is 0.0364. The number of carbonyl (C=O) groups excluding carboxylic acids is 1. The minimum Gasteiger partial charge on any atom is -0.490 e. The number of benzene rings is 4. The lowest BCUT2D eigenvalue weighted by Crippen LogP contribution is -2.17. The molecule has 4 aromatic rings. The Morgan fingerprint density at radius 3 is 2.32 bits per heavy atom. The van der Waals surface area contributed by atoms with E-state index in [4.69, 9.17) is 18.9 Å². The molecule has 4 rings (SSSR count). The number of hydrazone groups is 1. The summed E-state index contributed by atoms with van der Waals surface area (Å²) in [6, 6.07) is 24.7. The van der Waals surface area contributed by atoms with E-state index >= 15 is 0 Å². The van der Waals surface area contributed by atoms with Crippen LogP contribution in [0.25, 0.3) is 0 Å². The zero-order valence-corrected chi connectivity index (χ0v) is 24.3. The average molecular weight is 622 g/mol. The number of ether oxygens (including phenoxy) is 4. The van der Waals surface area contributed by atoms with Crippen LogP contribution in [0.15, 0.2) is 94.5 Å². The van der Waals surface area contributed by atoms with Crippen molar-refractivity contribution in [3.63, 3.8) is 0 Å². The first-order valence-electron chi connectivity index (χ1n) is 13.1. The Kier molecular flexibility index (Phi) is 10.7.